The molecule has 7 nitrogen and oxygen atoms in total. The molecule has 0 saturated carbocycles. The first-order valence-electron chi connectivity index (χ1n) is 7.45. The van der Waals surface area contributed by atoms with Crippen molar-refractivity contribution in [2.75, 3.05) is 11.9 Å². The van der Waals surface area contributed by atoms with Crippen LogP contribution < -0.4 is 5.32 Å². The number of aliphatic hydroxyl groups excluding tert-OH is 1. The zero-order valence-corrected chi connectivity index (χ0v) is 12.5. The van der Waals surface area contributed by atoms with Crippen molar-refractivity contribution >= 4 is 18.1 Å². The third kappa shape index (κ3) is 3.40. The molecule has 3 N–H and O–H groups in total. The maximum absolute atomic E-state index is 11.0. The predicted molar refractivity (Wildman–Crippen MR) is 85.9 cm³/mol. The normalized spacial score (nSPS) is 16.5. The largest absolute Gasteiger partial charge is 0.478 e. The molecule has 1 unspecified atom stereocenters. The fourth-order valence-corrected chi connectivity index (χ4v) is 2.63. The van der Waals surface area contributed by atoms with Gasteiger partial charge in [-0.05, 0) is 30.5 Å². The van der Waals surface area contributed by atoms with Gasteiger partial charge in [0.05, 0.1) is 24.8 Å². The molecule has 0 bridgehead atoms. The van der Waals surface area contributed by atoms with Crippen molar-refractivity contribution in [3.8, 4) is 0 Å². The van der Waals surface area contributed by atoms with Gasteiger partial charge < -0.3 is 20.1 Å². The zero-order valence-electron chi connectivity index (χ0n) is 12.5. The predicted octanol–water partition coefficient (Wildman–Crippen LogP) is 1.70. The van der Waals surface area contributed by atoms with E-state index < -0.39 is 12.1 Å². The number of anilines is 1. The molecular weight excluding hydrogens is 296 g/mol. The van der Waals surface area contributed by atoms with Gasteiger partial charge in [-0.25, -0.2) is 9.78 Å². The fraction of sp³-hybridized carbons (Fsp3) is 0.312. The van der Waals surface area contributed by atoms with Crippen LogP contribution in [-0.2, 0) is 13.0 Å². The Morgan fingerprint density at radius 3 is 3.13 bits per heavy atom. The number of carbonyl (C=O) groups is 1. The number of fused-ring (bicyclic) bond motifs is 1. The standard InChI is InChI=1S/C16H18N4O3/c21-13-8-17-9-18-15-14(13)19-10-20(15)6-2-4-11-3-1-5-12(7-11)16(22)23/h1,3,5,7,9-10,13,21H,2,4,6,8H2,(H,17,18)(H,22,23). The van der Waals surface area contributed by atoms with E-state index >= 15 is 0 Å². The average molecular weight is 314 g/mol. The number of hydrogen-bond acceptors (Lipinski definition) is 5. The third-order valence-corrected chi connectivity index (χ3v) is 3.79. The number of benzene rings is 1. The van der Waals surface area contributed by atoms with Gasteiger partial charge in [0.1, 0.15) is 17.6 Å². The molecule has 120 valence electrons. The van der Waals surface area contributed by atoms with E-state index in [1.54, 1.807) is 30.9 Å². The van der Waals surface area contributed by atoms with Crippen LogP contribution in [-0.4, -0.2) is 38.6 Å². The highest BCUT2D eigenvalue weighted by atomic mass is 16.4. The van der Waals surface area contributed by atoms with E-state index in [-0.39, 0.29) is 0 Å². The summed E-state index contributed by atoms with van der Waals surface area (Å²) >= 11 is 0. The Kier molecular flexibility index (Phi) is 4.38. The highest BCUT2D eigenvalue weighted by molar-refractivity contribution is 5.87. The summed E-state index contributed by atoms with van der Waals surface area (Å²) in [5, 5.41) is 22.0. The van der Waals surface area contributed by atoms with Crippen LogP contribution >= 0.6 is 0 Å². The fourth-order valence-electron chi connectivity index (χ4n) is 2.63. The first-order chi connectivity index (χ1) is 11.1. The number of aromatic nitrogens is 2. The van der Waals surface area contributed by atoms with Crippen LogP contribution in [0.4, 0.5) is 5.82 Å². The van der Waals surface area contributed by atoms with Gasteiger partial charge in [0.25, 0.3) is 0 Å². The van der Waals surface area contributed by atoms with E-state index in [2.05, 4.69) is 15.3 Å². The van der Waals surface area contributed by atoms with E-state index in [4.69, 9.17) is 5.11 Å². The van der Waals surface area contributed by atoms with Gasteiger partial charge >= 0.3 is 5.97 Å². The van der Waals surface area contributed by atoms with Gasteiger partial charge in [0, 0.05) is 6.54 Å². The van der Waals surface area contributed by atoms with Crippen LogP contribution in [0.25, 0.3) is 0 Å². The van der Waals surface area contributed by atoms with E-state index in [0.717, 1.165) is 24.2 Å². The van der Waals surface area contributed by atoms with E-state index in [1.807, 2.05) is 10.6 Å². The van der Waals surface area contributed by atoms with Crippen LogP contribution in [0.15, 0.2) is 35.6 Å². The molecule has 1 aromatic heterocycles. The van der Waals surface area contributed by atoms with Crippen molar-refractivity contribution < 1.29 is 15.0 Å². The molecule has 1 aromatic carbocycles. The molecule has 0 spiro atoms. The summed E-state index contributed by atoms with van der Waals surface area (Å²) in [7, 11) is 0. The minimum atomic E-state index is -0.913. The number of carboxylic acid groups (broad SMARTS) is 1. The van der Waals surface area contributed by atoms with E-state index in [1.165, 1.54) is 0 Å². The van der Waals surface area contributed by atoms with Crippen molar-refractivity contribution in [2.24, 2.45) is 4.99 Å². The number of nitrogens with zero attached hydrogens (tertiary/aromatic N) is 3. The lowest BCUT2D eigenvalue weighted by Gasteiger charge is -2.09. The Balaban J connectivity index is 1.65. The summed E-state index contributed by atoms with van der Waals surface area (Å²) in [5.74, 6) is -0.151. The topological polar surface area (TPSA) is 99.7 Å². The van der Waals surface area contributed by atoms with Crippen molar-refractivity contribution in [3.63, 3.8) is 0 Å². The van der Waals surface area contributed by atoms with E-state index in [9.17, 15) is 9.90 Å². The summed E-state index contributed by atoms with van der Waals surface area (Å²) in [4.78, 5) is 19.3. The molecule has 2 aromatic rings. The van der Waals surface area contributed by atoms with Crippen LogP contribution in [0.3, 0.4) is 0 Å². The number of aryl methyl sites for hydroxylation is 2. The van der Waals surface area contributed by atoms with Crippen molar-refractivity contribution in [2.45, 2.75) is 25.5 Å². The summed E-state index contributed by atoms with van der Waals surface area (Å²) in [6.45, 7) is 1.02. The molecule has 1 aliphatic heterocycles. The summed E-state index contributed by atoms with van der Waals surface area (Å²) < 4.78 is 1.94. The molecule has 23 heavy (non-hydrogen) atoms. The van der Waals surface area contributed by atoms with Crippen molar-refractivity contribution in [1.29, 1.82) is 0 Å². The highest BCUT2D eigenvalue weighted by Gasteiger charge is 2.19. The maximum atomic E-state index is 11.0. The third-order valence-electron chi connectivity index (χ3n) is 3.79. The van der Waals surface area contributed by atoms with Crippen molar-refractivity contribution in [3.05, 3.63) is 47.4 Å². The number of aliphatic hydroxyl groups is 1. The Bertz CT molecular complexity index is 739. The second-order valence-electron chi connectivity index (χ2n) is 5.44. The number of aliphatic imine (C=N–C) groups is 1. The Labute approximate surface area is 133 Å². The maximum Gasteiger partial charge on any atom is 0.335 e. The first-order valence-corrected chi connectivity index (χ1v) is 7.45. The zero-order chi connectivity index (χ0) is 16.2. The first kappa shape index (κ1) is 15.2. The lowest BCUT2D eigenvalue weighted by Crippen LogP contribution is -2.07. The Hall–Kier alpha value is -2.67. The van der Waals surface area contributed by atoms with Crippen LogP contribution in [0, 0.1) is 0 Å². The molecule has 0 radical (unpaired) electrons. The molecule has 0 saturated heterocycles. The quantitative estimate of drug-likeness (QED) is 0.780. The molecule has 1 aliphatic rings. The Morgan fingerprint density at radius 2 is 2.30 bits per heavy atom. The average Bonchev–Trinajstić information content (AvgIpc) is 2.85. The number of imidazole rings is 1. The van der Waals surface area contributed by atoms with Crippen LogP contribution in [0.2, 0.25) is 0 Å². The van der Waals surface area contributed by atoms with Crippen LogP contribution in [0.1, 0.15) is 34.1 Å². The van der Waals surface area contributed by atoms with Gasteiger partial charge in [-0.15, -0.1) is 0 Å². The number of nitrogens with one attached hydrogen (secondary N) is 1. The van der Waals surface area contributed by atoms with Crippen LogP contribution in [0.5, 0.6) is 0 Å². The number of hydrogen-bond donors (Lipinski definition) is 3. The van der Waals surface area contributed by atoms with Gasteiger partial charge in [-0.2, -0.15) is 0 Å². The van der Waals surface area contributed by atoms with Gasteiger partial charge in [-0.3, -0.25) is 4.99 Å². The molecule has 0 aliphatic carbocycles. The lowest BCUT2D eigenvalue weighted by atomic mass is 10.1. The molecule has 1 atom stereocenters. The molecule has 0 fully saturated rings. The molecule has 2 heterocycles. The van der Waals surface area contributed by atoms with Gasteiger partial charge in [-0.1, -0.05) is 12.1 Å². The summed E-state index contributed by atoms with van der Waals surface area (Å²) in [6, 6.07) is 6.98. The highest BCUT2D eigenvalue weighted by Crippen LogP contribution is 2.24. The molecule has 0 amide bonds. The molecule has 3 rings (SSSR count). The number of carboxylic acids is 1. The number of rotatable bonds is 5. The van der Waals surface area contributed by atoms with Gasteiger partial charge in [0.15, 0.2) is 0 Å². The lowest BCUT2D eigenvalue weighted by molar-refractivity contribution is 0.0696. The summed E-state index contributed by atoms with van der Waals surface area (Å²) in [6.07, 6.45) is 4.19. The van der Waals surface area contributed by atoms with Crippen molar-refractivity contribution in [1.82, 2.24) is 9.55 Å². The minimum absolute atomic E-state index is 0.305. The molecular formula is C16H18N4O3. The smallest absolute Gasteiger partial charge is 0.335 e. The minimum Gasteiger partial charge on any atom is -0.478 e. The monoisotopic (exact) mass is 314 g/mol. The van der Waals surface area contributed by atoms with Gasteiger partial charge in [0.2, 0.25) is 0 Å². The second-order valence-corrected chi connectivity index (χ2v) is 5.44. The molecule has 7 heteroatoms. The Morgan fingerprint density at radius 1 is 1.43 bits per heavy atom. The summed E-state index contributed by atoms with van der Waals surface area (Å²) in [5.41, 5.74) is 1.90. The number of aromatic carboxylic acids is 1. The van der Waals surface area contributed by atoms with E-state index in [0.29, 0.717) is 24.3 Å². The second kappa shape index (κ2) is 6.62. The SMILES string of the molecule is O=C(O)c1cccc(CCCn2cnc3c2NC=NCC3O)c1.